The average Bonchev–Trinajstić information content (AvgIpc) is 1.98. The summed E-state index contributed by atoms with van der Waals surface area (Å²) in [5.74, 6) is -0.248. The first kappa shape index (κ1) is 13.8. The van der Waals surface area contributed by atoms with Gasteiger partial charge in [-0.2, -0.15) is 0 Å². The minimum absolute atomic E-state index is 0.0622. The topological polar surface area (TPSA) is 106 Å². The van der Waals surface area contributed by atoms with Crippen LogP contribution in [0.15, 0.2) is 0 Å². The van der Waals surface area contributed by atoms with Gasteiger partial charge in [0.2, 0.25) is 10.0 Å². The van der Waals surface area contributed by atoms with E-state index in [0.717, 1.165) is 6.26 Å². The van der Waals surface area contributed by atoms with Crippen molar-refractivity contribution in [3.63, 3.8) is 0 Å². The fraction of sp³-hybridized carbons (Fsp3) is 1.00. The molecule has 0 bridgehead atoms. The van der Waals surface area contributed by atoms with Gasteiger partial charge in [-0.25, -0.2) is 21.6 Å². The van der Waals surface area contributed by atoms with Crippen LogP contribution in [-0.4, -0.2) is 47.7 Å². The molecule has 14 heavy (non-hydrogen) atoms. The average molecular weight is 244 g/mol. The highest BCUT2D eigenvalue weighted by Gasteiger charge is 2.10. The van der Waals surface area contributed by atoms with Crippen molar-refractivity contribution in [2.45, 2.75) is 6.42 Å². The molecule has 0 aromatic rings. The molecule has 3 N–H and O–H groups in total. The highest BCUT2D eigenvalue weighted by Crippen LogP contribution is 1.88. The Morgan fingerprint density at radius 2 is 1.71 bits per heavy atom. The summed E-state index contributed by atoms with van der Waals surface area (Å²) in [5, 5.41) is 0. The van der Waals surface area contributed by atoms with Crippen molar-refractivity contribution in [2.75, 3.05) is 30.9 Å². The lowest BCUT2D eigenvalue weighted by Gasteiger charge is -2.04. The van der Waals surface area contributed by atoms with Gasteiger partial charge in [-0.1, -0.05) is 0 Å². The van der Waals surface area contributed by atoms with Gasteiger partial charge in [-0.05, 0) is 13.0 Å². The fourth-order valence-electron chi connectivity index (χ4n) is 0.728. The lowest BCUT2D eigenvalue weighted by atomic mass is 10.5. The Labute approximate surface area is 84.8 Å². The van der Waals surface area contributed by atoms with Gasteiger partial charge in [0.05, 0.1) is 11.5 Å². The zero-order chi connectivity index (χ0) is 11.2. The molecule has 0 amide bonds. The van der Waals surface area contributed by atoms with Crippen molar-refractivity contribution in [1.82, 2.24) is 4.72 Å². The van der Waals surface area contributed by atoms with Crippen LogP contribution in [0.4, 0.5) is 0 Å². The fourth-order valence-corrected chi connectivity index (χ4v) is 2.43. The molecule has 6 nitrogen and oxygen atoms in total. The van der Waals surface area contributed by atoms with Gasteiger partial charge < -0.3 is 5.73 Å². The maximum Gasteiger partial charge on any atom is 0.211 e. The zero-order valence-corrected chi connectivity index (χ0v) is 9.70. The summed E-state index contributed by atoms with van der Waals surface area (Å²) in [6.45, 7) is 0.221. The molecule has 0 atom stereocenters. The summed E-state index contributed by atoms with van der Waals surface area (Å²) in [7, 11) is -6.48. The Kier molecular flexibility index (Phi) is 5.57. The predicted molar refractivity (Wildman–Crippen MR) is 55.2 cm³/mol. The van der Waals surface area contributed by atoms with Gasteiger partial charge in [0.1, 0.15) is 9.84 Å². The van der Waals surface area contributed by atoms with Crippen molar-refractivity contribution in [3.8, 4) is 0 Å². The van der Waals surface area contributed by atoms with Crippen LogP contribution in [0, 0.1) is 0 Å². The van der Waals surface area contributed by atoms with Crippen molar-refractivity contribution >= 4 is 19.9 Å². The minimum atomic E-state index is -3.36. The van der Waals surface area contributed by atoms with Crippen molar-refractivity contribution in [1.29, 1.82) is 0 Å². The quantitative estimate of drug-likeness (QED) is 0.555. The van der Waals surface area contributed by atoms with E-state index in [1.807, 2.05) is 0 Å². The van der Waals surface area contributed by atoms with E-state index >= 15 is 0 Å². The van der Waals surface area contributed by atoms with E-state index in [0.29, 0.717) is 13.0 Å². The summed E-state index contributed by atoms with van der Waals surface area (Å²) in [4.78, 5) is 0. The SMILES string of the molecule is CS(=O)(=O)CCNS(=O)(=O)CCCN. The zero-order valence-electron chi connectivity index (χ0n) is 8.06. The van der Waals surface area contributed by atoms with E-state index in [9.17, 15) is 16.8 Å². The second-order valence-corrected chi connectivity index (χ2v) is 7.17. The van der Waals surface area contributed by atoms with Crippen molar-refractivity contribution in [2.24, 2.45) is 5.73 Å². The molecular weight excluding hydrogens is 228 g/mol. The molecule has 0 saturated carbocycles. The van der Waals surface area contributed by atoms with E-state index in [2.05, 4.69) is 4.72 Å². The van der Waals surface area contributed by atoms with Crippen LogP contribution in [-0.2, 0) is 19.9 Å². The van der Waals surface area contributed by atoms with Crippen molar-refractivity contribution in [3.05, 3.63) is 0 Å². The molecule has 8 heteroatoms. The van der Waals surface area contributed by atoms with Gasteiger partial charge in [-0.3, -0.25) is 0 Å². The van der Waals surface area contributed by atoms with Crippen LogP contribution < -0.4 is 10.5 Å². The van der Waals surface area contributed by atoms with E-state index in [1.165, 1.54) is 0 Å². The molecule has 0 rings (SSSR count). The first-order valence-corrected chi connectivity index (χ1v) is 7.83. The van der Waals surface area contributed by atoms with E-state index < -0.39 is 19.9 Å². The van der Waals surface area contributed by atoms with Gasteiger partial charge in [0.15, 0.2) is 0 Å². The predicted octanol–water partition coefficient (Wildman–Crippen LogP) is -1.70. The maximum atomic E-state index is 11.1. The number of sulfone groups is 1. The number of nitrogens with two attached hydrogens (primary N) is 1. The molecule has 0 aliphatic heterocycles. The molecule has 0 aliphatic carbocycles. The smallest absolute Gasteiger partial charge is 0.211 e. The Balaban J connectivity index is 3.89. The van der Waals surface area contributed by atoms with E-state index in [1.54, 1.807) is 0 Å². The summed E-state index contributed by atoms with van der Waals surface area (Å²) in [6, 6.07) is 0. The Bertz CT molecular complexity index is 346. The van der Waals surface area contributed by atoms with E-state index in [-0.39, 0.29) is 18.1 Å². The number of hydrogen-bond acceptors (Lipinski definition) is 5. The van der Waals surface area contributed by atoms with Crippen molar-refractivity contribution < 1.29 is 16.8 Å². The summed E-state index contributed by atoms with van der Waals surface area (Å²) in [5.41, 5.74) is 5.15. The molecule has 0 saturated heterocycles. The van der Waals surface area contributed by atoms with Crippen LogP contribution in [0.1, 0.15) is 6.42 Å². The van der Waals surface area contributed by atoms with Crippen LogP contribution in [0.2, 0.25) is 0 Å². The molecule has 0 aromatic carbocycles. The summed E-state index contributed by atoms with van der Waals surface area (Å²) < 4.78 is 45.8. The second-order valence-electron chi connectivity index (χ2n) is 2.99. The Hall–Kier alpha value is -0.180. The number of nitrogens with one attached hydrogen (secondary N) is 1. The molecule has 86 valence electrons. The minimum Gasteiger partial charge on any atom is -0.330 e. The van der Waals surface area contributed by atoms with Gasteiger partial charge >= 0.3 is 0 Å². The third kappa shape index (κ3) is 8.42. The lowest BCUT2D eigenvalue weighted by Crippen LogP contribution is -2.31. The summed E-state index contributed by atoms with van der Waals surface area (Å²) >= 11 is 0. The van der Waals surface area contributed by atoms with Gasteiger partial charge in [0.25, 0.3) is 0 Å². The normalized spacial score (nSPS) is 13.0. The van der Waals surface area contributed by atoms with Crippen LogP contribution in [0.5, 0.6) is 0 Å². The summed E-state index contributed by atoms with van der Waals surface area (Å²) in [6.07, 6.45) is 1.43. The molecule has 0 aromatic heterocycles. The molecule has 0 heterocycles. The first-order chi connectivity index (χ1) is 6.27. The third-order valence-electron chi connectivity index (χ3n) is 1.41. The first-order valence-electron chi connectivity index (χ1n) is 4.12. The second kappa shape index (κ2) is 5.64. The Morgan fingerprint density at radius 1 is 1.14 bits per heavy atom. The number of rotatable bonds is 7. The molecule has 0 fully saturated rings. The third-order valence-corrected chi connectivity index (χ3v) is 3.83. The maximum absolute atomic E-state index is 11.1. The largest absolute Gasteiger partial charge is 0.330 e. The van der Waals surface area contributed by atoms with Crippen LogP contribution in [0.3, 0.4) is 0 Å². The number of hydrogen-bond donors (Lipinski definition) is 2. The molecular formula is C6H16N2O4S2. The monoisotopic (exact) mass is 244 g/mol. The highest BCUT2D eigenvalue weighted by atomic mass is 32.2. The van der Waals surface area contributed by atoms with Gasteiger partial charge in [-0.15, -0.1) is 0 Å². The molecule has 0 unspecified atom stereocenters. The molecule has 0 spiro atoms. The lowest BCUT2D eigenvalue weighted by molar-refractivity contribution is 0.579. The molecule has 0 radical (unpaired) electrons. The standard InChI is InChI=1S/C6H16N2O4S2/c1-13(9,10)6-4-8-14(11,12)5-2-3-7/h8H,2-7H2,1H3. The van der Waals surface area contributed by atoms with Crippen LogP contribution in [0.25, 0.3) is 0 Å². The van der Waals surface area contributed by atoms with E-state index in [4.69, 9.17) is 5.73 Å². The molecule has 0 aliphatic rings. The Morgan fingerprint density at radius 3 is 2.14 bits per heavy atom. The van der Waals surface area contributed by atoms with Gasteiger partial charge in [0, 0.05) is 12.8 Å². The van der Waals surface area contributed by atoms with Crippen LogP contribution >= 0.6 is 0 Å². The highest BCUT2D eigenvalue weighted by molar-refractivity contribution is 7.91. The number of sulfonamides is 1.